The van der Waals surface area contributed by atoms with Crippen LogP contribution in [0.4, 0.5) is 4.39 Å². The van der Waals surface area contributed by atoms with E-state index in [4.69, 9.17) is 13.9 Å². The quantitative estimate of drug-likeness (QED) is 0.385. The van der Waals surface area contributed by atoms with E-state index in [0.29, 0.717) is 41.3 Å². The number of hydrogen-bond donors (Lipinski definition) is 0. The number of aryl methyl sites for hydroxylation is 2. The molecule has 0 amide bonds. The molecule has 0 unspecified atom stereocenters. The highest BCUT2D eigenvalue weighted by atomic mass is 19.1. The lowest BCUT2D eigenvalue weighted by molar-refractivity contribution is 0.303. The molecule has 1 aromatic heterocycles. The first kappa shape index (κ1) is 19.7. The summed E-state index contributed by atoms with van der Waals surface area (Å²) in [6.07, 6.45) is 0.696. The average molecular weight is 404 g/mol. The van der Waals surface area contributed by atoms with E-state index >= 15 is 0 Å². The van der Waals surface area contributed by atoms with Gasteiger partial charge < -0.3 is 13.9 Å². The predicted molar refractivity (Wildman–Crippen MR) is 114 cm³/mol. The molecule has 3 aromatic carbocycles. The number of rotatable bonds is 6. The molecule has 0 radical (unpaired) electrons. The lowest BCUT2D eigenvalue weighted by atomic mass is 10.1. The lowest BCUT2D eigenvalue weighted by Gasteiger charge is -2.13. The number of halogens is 1. The lowest BCUT2D eigenvalue weighted by Crippen LogP contribution is -2.08. The Bertz CT molecular complexity index is 1230. The van der Waals surface area contributed by atoms with Gasteiger partial charge in [0.05, 0.1) is 5.39 Å². The van der Waals surface area contributed by atoms with E-state index in [1.807, 2.05) is 37.3 Å². The zero-order chi connectivity index (χ0) is 21.1. The summed E-state index contributed by atoms with van der Waals surface area (Å²) >= 11 is 0. The second-order valence-electron chi connectivity index (χ2n) is 6.96. The van der Waals surface area contributed by atoms with Crippen molar-refractivity contribution in [3.8, 4) is 17.2 Å². The van der Waals surface area contributed by atoms with E-state index in [2.05, 4.69) is 0 Å². The molecule has 0 aliphatic carbocycles. The Morgan fingerprint density at radius 3 is 2.43 bits per heavy atom. The third-order valence-corrected chi connectivity index (χ3v) is 4.85. The van der Waals surface area contributed by atoms with Crippen molar-refractivity contribution in [3.05, 3.63) is 99.7 Å². The van der Waals surface area contributed by atoms with Crippen molar-refractivity contribution in [2.45, 2.75) is 26.9 Å². The Morgan fingerprint density at radius 1 is 1.00 bits per heavy atom. The van der Waals surface area contributed by atoms with Gasteiger partial charge in [-0.25, -0.2) is 4.39 Å². The van der Waals surface area contributed by atoms with Gasteiger partial charge in [-0.15, -0.1) is 0 Å². The van der Waals surface area contributed by atoms with Crippen LogP contribution in [0.15, 0.2) is 75.9 Å². The summed E-state index contributed by atoms with van der Waals surface area (Å²) in [4.78, 5) is 13.1. The molecule has 5 heteroatoms. The molecule has 30 heavy (non-hydrogen) atoms. The van der Waals surface area contributed by atoms with Gasteiger partial charge in [0.15, 0.2) is 0 Å². The molecule has 1 heterocycles. The molecule has 4 nitrogen and oxygen atoms in total. The topological polar surface area (TPSA) is 48.7 Å². The third kappa shape index (κ3) is 4.06. The number of fused-ring (bicyclic) bond motifs is 1. The Kier molecular flexibility index (Phi) is 5.53. The molecule has 0 atom stereocenters. The molecule has 0 N–H and O–H groups in total. The molecule has 0 fully saturated rings. The third-order valence-electron chi connectivity index (χ3n) is 4.85. The Morgan fingerprint density at radius 2 is 1.73 bits per heavy atom. The summed E-state index contributed by atoms with van der Waals surface area (Å²) in [5.41, 5.74) is 2.12. The summed E-state index contributed by atoms with van der Waals surface area (Å²) in [6.45, 7) is 4.09. The van der Waals surface area contributed by atoms with Crippen LogP contribution in [0.25, 0.3) is 11.0 Å². The normalized spacial score (nSPS) is 10.9. The van der Waals surface area contributed by atoms with Crippen molar-refractivity contribution < 1.29 is 18.3 Å². The van der Waals surface area contributed by atoms with Crippen molar-refractivity contribution in [2.24, 2.45) is 0 Å². The second kappa shape index (κ2) is 8.41. The summed E-state index contributed by atoms with van der Waals surface area (Å²) in [7, 11) is 0. The zero-order valence-corrected chi connectivity index (χ0v) is 16.8. The van der Waals surface area contributed by atoms with E-state index in [1.165, 1.54) is 24.3 Å². The van der Waals surface area contributed by atoms with Gasteiger partial charge in [-0.1, -0.05) is 37.3 Å². The van der Waals surface area contributed by atoms with Gasteiger partial charge >= 0.3 is 0 Å². The van der Waals surface area contributed by atoms with E-state index in [9.17, 15) is 9.18 Å². The minimum Gasteiger partial charge on any atom is -0.488 e. The van der Waals surface area contributed by atoms with E-state index < -0.39 is 0 Å². The van der Waals surface area contributed by atoms with E-state index in [-0.39, 0.29) is 17.0 Å². The van der Waals surface area contributed by atoms with Crippen molar-refractivity contribution in [1.29, 1.82) is 0 Å². The van der Waals surface area contributed by atoms with Crippen LogP contribution < -0.4 is 14.9 Å². The van der Waals surface area contributed by atoms with Gasteiger partial charge in [0.1, 0.15) is 35.3 Å². The summed E-state index contributed by atoms with van der Waals surface area (Å²) in [5.74, 6) is 1.11. The van der Waals surface area contributed by atoms with Crippen molar-refractivity contribution >= 4 is 11.0 Å². The summed E-state index contributed by atoms with van der Waals surface area (Å²) < 4.78 is 30.7. The molecule has 0 aliphatic heterocycles. The van der Waals surface area contributed by atoms with Crippen molar-refractivity contribution in [2.75, 3.05) is 0 Å². The minimum absolute atomic E-state index is 0.0918. The summed E-state index contributed by atoms with van der Waals surface area (Å²) in [6, 6.07) is 18.9. The van der Waals surface area contributed by atoms with Crippen LogP contribution in [0.5, 0.6) is 17.2 Å². The van der Waals surface area contributed by atoms with Crippen LogP contribution in [0, 0.1) is 12.7 Å². The zero-order valence-electron chi connectivity index (χ0n) is 16.8. The molecular formula is C25H21FO4. The maximum atomic E-state index is 13.1. The summed E-state index contributed by atoms with van der Waals surface area (Å²) in [5, 5.41) is 0.418. The predicted octanol–water partition coefficient (Wildman–Crippen LogP) is 6.17. The standard InChI is InChI=1S/C25H21FO4/c1-3-18-13-21-23(14-22(18)28-15-17-7-5-4-6-8-17)29-16(2)25(24(21)27)30-20-11-9-19(26)10-12-20/h4-14H,3,15H2,1-2H3. The Balaban J connectivity index is 1.70. The largest absolute Gasteiger partial charge is 0.488 e. The van der Waals surface area contributed by atoms with Crippen molar-refractivity contribution in [3.63, 3.8) is 0 Å². The molecule has 152 valence electrons. The fraction of sp³-hybridized carbons (Fsp3) is 0.160. The van der Waals surface area contributed by atoms with Crippen LogP contribution >= 0.6 is 0 Å². The van der Waals surface area contributed by atoms with E-state index in [0.717, 1.165) is 11.1 Å². The second-order valence-corrected chi connectivity index (χ2v) is 6.96. The van der Waals surface area contributed by atoms with Gasteiger partial charge in [-0.2, -0.15) is 0 Å². The fourth-order valence-electron chi connectivity index (χ4n) is 3.25. The monoisotopic (exact) mass is 404 g/mol. The van der Waals surface area contributed by atoms with Crippen LogP contribution in [0.2, 0.25) is 0 Å². The fourth-order valence-corrected chi connectivity index (χ4v) is 3.25. The van der Waals surface area contributed by atoms with E-state index in [1.54, 1.807) is 19.1 Å². The first-order chi connectivity index (χ1) is 14.5. The minimum atomic E-state index is -0.375. The van der Waals surface area contributed by atoms with Gasteiger partial charge in [-0.05, 0) is 54.8 Å². The smallest absolute Gasteiger partial charge is 0.235 e. The highest BCUT2D eigenvalue weighted by molar-refractivity contribution is 5.81. The molecule has 0 spiro atoms. The van der Waals surface area contributed by atoms with Crippen LogP contribution in [0.1, 0.15) is 23.8 Å². The molecular weight excluding hydrogens is 383 g/mol. The SMILES string of the molecule is CCc1cc2c(=O)c(Oc3ccc(F)cc3)c(C)oc2cc1OCc1ccccc1. The molecule has 4 aromatic rings. The average Bonchev–Trinajstić information content (AvgIpc) is 2.76. The highest BCUT2D eigenvalue weighted by Crippen LogP contribution is 2.30. The Hall–Kier alpha value is -3.60. The van der Waals surface area contributed by atoms with Crippen LogP contribution in [-0.4, -0.2) is 0 Å². The molecule has 4 rings (SSSR count). The van der Waals surface area contributed by atoms with Crippen LogP contribution in [-0.2, 0) is 13.0 Å². The molecule has 0 bridgehead atoms. The first-order valence-corrected chi connectivity index (χ1v) is 9.75. The van der Waals surface area contributed by atoms with Gasteiger partial charge in [0, 0.05) is 6.07 Å². The first-order valence-electron chi connectivity index (χ1n) is 9.75. The number of ether oxygens (including phenoxy) is 2. The number of hydrogen-bond acceptors (Lipinski definition) is 4. The van der Waals surface area contributed by atoms with Crippen molar-refractivity contribution in [1.82, 2.24) is 0 Å². The molecule has 0 aliphatic rings. The van der Waals surface area contributed by atoms with Gasteiger partial charge in [0.25, 0.3) is 0 Å². The van der Waals surface area contributed by atoms with Gasteiger partial charge in [0.2, 0.25) is 11.2 Å². The molecule has 0 saturated carbocycles. The highest BCUT2D eigenvalue weighted by Gasteiger charge is 2.17. The maximum absolute atomic E-state index is 13.1. The van der Waals surface area contributed by atoms with Crippen LogP contribution in [0.3, 0.4) is 0 Å². The maximum Gasteiger partial charge on any atom is 0.235 e. The van der Waals surface area contributed by atoms with Gasteiger partial charge in [-0.3, -0.25) is 4.79 Å². The number of benzene rings is 3. The molecule has 0 saturated heterocycles. The Labute approximate surface area is 173 Å².